The van der Waals surface area contributed by atoms with Crippen LogP contribution in [0, 0.1) is 0 Å². The molecule has 3 unspecified atom stereocenters. The van der Waals surface area contributed by atoms with Crippen LogP contribution >= 0.6 is 46.5 Å². The van der Waals surface area contributed by atoms with E-state index < -0.39 is 34.7 Å². The number of quaternary nitrogens is 1. The molecule has 49 heavy (non-hydrogen) atoms. The molecule has 1 fully saturated rings. The van der Waals surface area contributed by atoms with Gasteiger partial charge < -0.3 is 32.5 Å². The van der Waals surface area contributed by atoms with E-state index in [1.807, 2.05) is 42.5 Å². The Hall–Kier alpha value is -4.55. The number of hydrogen-bond acceptors (Lipinski definition) is 13. The lowest BCUT2D eigenvalue weighted by Crippen LogP contribution is -2.71. The molecule has 2 aromatic carbocycles. The fraction of sp³-hybridized carbons (Fsp3) is 0.226. The first-order valence-corrected chi connectivity index (χ1v) is 18.2. The van der Waals surface area contributed by atoms with Gasteiger partial charge in [-0.1, -0.05) is 46.7 Å². The number of nitrogens with zero attached hydrogens (tertiary/aromatic N) is 5. The predicted molar refractivity (Wildman–Crippen MR) is 194 cm³/mol. The minimum absolute atomic E-state index is 0.0259. The largest absolute Gasteiger partial charge is 0.477 e. The number of carbonyl (C=O) groups is 3. The Morgan fingerprint density at radius 2 is 1.88 bits per heavy atom. The molecule has 18 heteroatoms. The van der Waals surface area contributed by atoms with Crippen LogP contribution in [0.5, 0.6) is 0 Å². The van der Waals surface area contributed by atoms with Crippen molar-refractivity contribution in [2.75, 3.05) is 23.8 Å². The molecule has 3 aromatic rings. The summed E-state index contributed by atoms with van der Waals surface area (Å²) in [5, 5.41) is 18.6. The molecule has 0 bridgehead atoms. The number of amides is 2. The molecule has 0 saturated carbocycles. The maximum atomic E-state index is 13.5. The number of fused-ring (bicyclic) bond motifs is 1. The molecule has 3 aliphatic rings. The molecule has 0 spiro atoms. The molecule has 0 radical (unpaired) electrons. The molecule has 0 aliphatic carbocycles. The van der Waals surface area contributed by atoms with Crippen LogP contribution in [0.25, 0.3) is 0 Å². The highest BCUT2D eigenvalue weighted by atomic mass is 35.5. The van der Waals surface area contributed by atoms with E-state index in [0.29, 0.717) is 16.4 Å². The van der Waals surface area contributed by atoms with Crippen molar-refractivity contribution in [2.45, 2.75) is 23.8 Å². The van der Waals surface area contributed by atoms with Crippen LogP contribution in [0.4, 0.5) is 16.5 Å². The zero-order valence-electron chi connectivity index (χ0n) is 25.9. The number of carboxylic acids is 1. The van der Waals surface area contributed by atoms with E-state index in [2.05, 4.69) is 15.5 Å². The van der Waals surface area contributed by atoms with Crippen LogP contribution < -0.4 is 27.0 Å². The van der Waals surface area contributed by atoms with Gasteiger partial charge in [0.25, 0.3) is 11.8 Å². The Bertz CT molecular complexity index is 1920. The predicted octanol–water partition coefficient (Wildman–Crippen LogP) is 3.38. The average Bonchev–Trinajstić information content (AvgIpc) is 3.52. The van der Waals surface area contributed by atoms with Crippen molar-refractivity contribution >= 4 is 92.3 Å². The van der Waals surface area contributed by atoms with Crippen molar-refractivity contribution in [3.8, 4) is 0 Å². The first kappa shape index (κ1) is 34.3. The summed E-state index contributed by atoms with van der Waals surface area (Å²) in [6, 6.07) is 15.8. The summed E-state index contributed by atoms with van der Waals surface area (Å²) in [5.74, 6) is -1.42. The van der Waals surface area contributed by atoms with Crippen molar-refractivity contribution in [2.24, 2.45) is 21.6 Å². The van der Waals surface area contributed by atoms with Crippen LogP contribution in [0.15, 0.2) is 93.3 Å². The fourth-order valence-electron chi connectivity index (χ4n) is 5.73. The van der Waals surface area contributed by atoms with E-state index in [-0.39, 0.29) is 50.7 Å². The van der Waals surface area contributed by atoms with E-state index >= 15 is 0 Å². The molecule has 3 aliphatic heterocycles. The second-order valence-electron chi connectivity index (χ2n) is 10.8. The van der Waals surface area contributed by atoms with Gasteiger partial charge in [0.1, 0.15) is 46.6 Å². The Morgan fingerprint density at radius 3 is 2.53 bits per heavy atom. The second kappa shape index (κ2) is 14.1. The van der Waals surface area contributed by atoms with Gasteiger partial charge in [0, 0.05) is 46.2 Å². The normalized spacial score (nSPS) is 23.6. The Morgan fingerprint density at radius 1 is 1.16 bits per heavy atom. The number of β-lactam (4-membered cyclic amide) rings is 1. The van der Waals surface area contributed by atoms with Crippen molar-refractivity contribution in [1.29, 1.82) is 0 Å². The number of aromatic nitrogens is 1. The molecule has 14 nitrogen and oxygen atoms in total. The number of carboxylic acid groups (broad SMARTS) is 1. The number of anilines is 1. The number of hydrogen-bond donors (Lipinski definition) is 5. The van der Waals surface area contributed by atoms with E-state index in [0.717, 1.165) is 22.7 Å². The first-order valence-electron chi connectivity index (χ1n) is 14.8. The molecule has 8 N–H and O–H groups in total. The van der Waals surface area contributed by atoms with E-state index in [9.17, 15) is 19.5 Å². The van der Waals surface area contributed by atoms with Gasteiger partial charge in [-0.05, 0) is 24.6 Å². The molecular formula is C31H31ClN9O5S3+. The Labute approximate surface area is 298 Å². The first-order chi connectivity index (χ1) is 23.6. The van der Waals surface area contributed by atoms with Gasteiger partial charge >= 0.3 is 5.97 Å². The number of benzene rings is 2. The summed E-state index contributed by atoms with van der Waals surface area (Å²) in [5.41, 5.74) is 20.1. The number of halogens is 1. The standard InChI is InChI=1S/C31H30ClN9O5S3/c1-2-46-39-23(20-15-48-30(35)36-20)26(42)38-24-27(43)40-25(29(44)45)16(13-47-28(24)40)14-49-31-37-21(33)12-22(34)41(31,18-6-4-3-5-7-18)19-10-8-17(32)9-11-19/h3-12,15,24,28,31H,2,13-14H2,1H3,(H7-,33,34,35,36,37,38,42,44,45)/p+1/b39-23-/t24?,28-,31?,41?/m1/s1. The number of aliphatic carboxylic acids is 1. The quantitative estimate of drug-likeness (QED) is 0.0832. The van der Waals surface area contributed by atoms with Crippen LogP contribution in [0.3, 0.4) is 0 Å². The molecule has 2 amide bonds. The summed E-state index contributed by atoms with van der Waals surface area (Å²) < 4.78 is -0.0259. The van der Waals surface area contributed by atoms with Crippen LogP contribution in [0.1, 0.15) is 12.6 Å². The monoisotopic (exact) mass is 740 g/mol. The van der Waals surface area contributed by atoms with Gasteiger partial charge in [0.2, 0.25) is 11.3 Å². The third-order valence-electron chi connectivity index (χ3n) is 7.90. The zero-order chi connectivity index (χ0) is 34.9. The topological polar surface area (TPSA) is 212 Å². The highest BCUT2D eigenvalue weighted by Gasteiger charge is 2.55. The SMILES string of the molecule is CCO/N=C(\C(=O)NC1C(=O)N2C(C(=O)O)=C(CSC3N=C(N)C=C(N)[N+]3(c3ccccc3)c3ccc(Cl)cc3)CS[C@H]12)c1csc(N)n1. The number of nitrogens with two attached hydrogens (primary N) is 3. The number of nitrogen functional groups attached to an aromatic ring is 1. The lowest BCUT2D eigenvalue weighted by Gasteiger charge is -2.49. The minimum atomic E-state index is -1.26. The van der Waals surface area contributed by atoms with Gasteiger partial charge in [0.15, 0.2) is 10.8 Å². The number of thiazole rings is 1. The van der Waals surface area contributed by atoms with Gasteiger partial charge in [-0.2, -0.15) is 9.48 Å². The Kier molecular flexibility index (Phi) is 9.89. The lowest BCUT2D eigenvalue weighted by atomic mass is 10.0. The van der Waals surface area contributed by atoms with Crippen LogP contribution in [0.2, 0.25) is 5.02 Å². The second-order valence-corrected chi connectivity index (χ2v) is 14.3. The number of oxime groups is 1. The smallest absolute Gasteiger partial charge is 0.352 e. The number of aliphatic imine (C=N–C) groups is 1. The number of para-hydroxylation sites is 1. The van der Waals surface area contributed by atoms with Gasteiger partial charge in [-0.15, -0.1) is 23.1 Å². The minimum Gasteiger partial charge on any atom is -0.477 e. The maximum Gasteiger partial charge on any atom is 0.352 e. The number of rotatable bonds is 11. The lowest BCUT2D eigenvalue weighted by molar-refractivity contribution is -0.150. The van der Waals surface area contributed by atoms with Crippen molar-refractivity contribution < 1.29 is 24.3 Å². The molecule has 6 rings (SSSR count). The molecule has 1 aromatic heterocycles. The van der Waals surface area contributed by atoms with Gasteiger partial charge in [-0.25, -0.2) is 9.78 Å². The number of thioether (sulfide) groups is 2. The average molecular weight is 741 g/mol. The molecule has 254 valence electrons. The fourth-order valence-corrected chi connectivity index (χ4v) is 9.26. The third kappa shape index (κ3) is 6.35. The van der Waals surface area contributed by atoms with Gasteiger partial charge in [0.05, 0.1) is 6.08 Å². The van der Waals surface area contributed by atoms with Crippen molar-refractivity contribution in [1.82, 2.24) is 19.7 Å². The maximum absolute atomic E-state index is 13.5. The Balaban J connectivity index is 1.27. The van der Waals surface area contributed by atoms with Crippen molar-refractivity contribution in [3.63, 3.8) is 0 Å². The number of amidine groups is 1. The van der Waals surface area contributed by atoms with E-state index in [4.69, 9.17) is 38.6 Å². The molecule has 1 saturated heterocycles. The zero-order valence-corrected chi connectivity index (χ0v) is 29.1. The summed E-state index contributed by atoms with van der Waals surface area (Å²) >= 11 is 10.1. The summed E-state index contributed by atoms with van der Waals surface area (Å²) in [7, 11) is 0. The van der Waals surface area contributed by atoms with E-state index in [1.54, 1.807) is 30.5 Å². The number of nitrogens with one attached hydrogen (secondary N) is 1. The summed E-state index contributed by atoms with van der Waals surface area (Å²) in [6.07, 6.45) is 1.61. The summed E-state index contributed by atoms with van der Waals surface area (Å²) in [4.78, 5) is 54.6. The van der Waals surface area contributed by atoms with Crippen molar-refractivity contribution in [3.05, 3.63) is 93.9 Å². The molecule has 4 heterocycles. The van der Waals surface area contributed by atoms with Gasteiger partial charge in [-0.3, -0.25) is 14.5 Å². The van der Waals surface area contributed by atoms with Crippen LogP contribution in [-0.4, -0.2) is 79.3 Å². The highest BCUT2D eigenvalue weighted by molar-refractivity contribution is 8.01. The molecular weight excluding hydrogens is 710 g/mol. The van der Waals surface area contributed by atoms with E-state index in [1.165, 1.54) is 28.4 Å². The number of carbonyl (C=O) groups excluding carboxylic acids is 2. The third-order valence-corrected chi connectivity index (χ3v) is 11.4. The summed E-state index contributed by atoms with van der Waals surface area (Å²) in [6.45, 7) is 1.90. The van der Waals surface area contributed by atoms with Crippen LogP contribution in [-0.2, 0) is 19.2 Å². The molecule has 4 atom stereocenters. The highest BCUT2D eigenvalue weighted by Crippen LogP contribution is 2.48.